The lowest BCUT2D eigenvalue weighted by Gasteiger charge is -2.49. The van der Waals surface area contributed by atoms with Crippen LogP contribution in [-0.2, 0) is 10.0 Å². The molecule has 2 atom stereocenters. The molecule has 0 aromatic heterocycles. The molecule has 1 saturated heterocycles. The van der Waals surface area contributed by atoms with Gasteiger partial charge in [0.15, 0.2) is 0 Å². The molecule has 2 bridgehead atoms. The van der Waals surface area contributed by atoms with Crippen molar-refractivity contribution in [3.63, 3.8) is 0 Å². The van der Waals surface area contributed by atoms with Crippen molar-refractivity contribution in [1.29, 1.82) is 0 Å². The number of hydrogen-bond acceptors (Lipinski definition) is 5. The Hall–Kier alpha value is -1.22. The Bertz CT molecular complexity index is 917. The number of nitrogens with one attached hydrogen (secondary N) is 1. The lowest BCUT2D eigenvalue weighted by Crippen LogP contribution is -2.51. The molecule has 0 radical (unpaired) electrons. The quantitative estimate of drug-likeness (QED) is 0.614. The third-order valence-corrected chi connectivity index (χ3v) is 9.30. The van der Waals surface area contributed by atoms with Crippen molar-refractivity contribution < 1.29 is 17.9 Å². The van der Waals surface area contributed by atoms with Gasteiger partial charge >= 0.3 is 0 Å². The number of rotatable bonds is 8. The van der Waals surface area contributed by atoms with Crippen LogP contribution in [0.1, 0.15) is 51.4 Å². The molecule has 6 nitrogen and oxygen atoms in total. The minimum atomic E-state index is -3.79. The van der Waals surface area contributed by atoms with Crippen molar-refractivity contribution in [2.45, 2.75) is 56.3 Å². The summed E-state index contributed by atoms with van der Waals surface area (Å²) < 4.78 is 43.9. The number of anilines is 1. The van der Waals surface area contributed by atoms with Crippen molar-refractivity contribution in [1.82, 2.24) is 9.62 Å². The van der Waals surface area contributed by atoms with E-state index in [1.807, 2.05) is 19.0 Å². The first-order valence-corrected chi connectivity index (χ1v) is 13.4. The third kappa shape index (κ3) is 4.98. The summed E-state index contributed by atoms with van der Waals surface area (Å²) >= 11 is 0. The van der Waals surface area contributed by atoms with Crippen molar-refractivity contribution in [2.24, 2.45) is 16.7 Å². The van der Waals surface area contributed by atoms with E-state index in [-0.39, 0.29) is 22.3 Å². The lowest BCUT2D eigenvalue weighted by molar-refractivity contribution is 0.0438. The normalized spacial score (nSPS) is 27.8. The predicted octanol–water partition coefficient (Wildman–Crippen LogP) is 3.21. The first-order valence-electron chi connectivity index (χ1n) is 12.0. The summed E-state index contributed by atoms with van der Waals surface area (Å²) in [5, 5.41) is 9.99. The molecule has 3 aliphatic rings. The highest BCUT2D eigenvalue weighted by atomic mass is 32.2. The highest BCUT2D eigenvalue weighted by Gasteiger charge is 2.42. The molecule has 8 heteroatoms. The Morgan fingerprint density at radius 1 is 1.22 bits per heavy atom. The maximum absolute atomic E-state index is 15.2. The van der Waals surface area contributed by atoms with E-state index in [9.17, 15) is 13.5 Å². The molecule has 180 valence electrons. The van der Waals surface area contributed by atoms with Crippen LogP contribution in [0, 0.1) is 22.6 Å². The lowest BCUT2D eigenvalue weighted by atomic mass is 9.67. The molecule has 1 heterocycles. The zero-order valence-electron chi connectivity index (χ0n) is 19.4. The van der Waals surface area contributed by atoms with E-state index in [4.69, 9.17) is 0 Å². The molecule has 2 N–H and O–H groups in total. The molecule has 2 aliphatic carbocycles. The molecular weight excluding hydrogens is 429 g/mol. The van der Waals surface area contributed by atoms with Gasteiger partial charge in [0.2, 0.25) is 10.0 Å². The number of fused-ring (bicyclic) bond motifs is 2. The summed E-state index contributed by atoms with van der Waals surface area (Å²) in [4.78, 5) is 4.10. The molecular formula is C24H38FN3O3S. The van der Waals surface area contributed by atoms with Crippen LogP contribution in [0.2, 0.25) is 0 Å². The highest BCUT2D eigenvalue weighted by molar-refractivity contribution is 7.89. The van der Waals surface area contributed by atoms with Gasteiger partial charge in [-0.1, -0.05) is 19.3 Å². The average molecular weight is 468 g/mol. The monoisotopic (exact) mass is 467 g/mol. The zero-order chi connectivity index (χ0) is 23.0. The summed E-state index contributed by atoms with van der Waals surface area (Å²) in [6.45, 7) is 2.71. The molecule has 1 aromatic rings. The number of aliphatic hydroxyl groups excluding tert-OH is 1. The maximum Gasteiger partial charge on any atom is 0.240 e. The number of sulfonamides is 1. The third-order valence-electron chi connectivity index (χ3n) is 7.90. The van der Waals surface area contributed by atoms with E-state index in [0.29, 0.717) is 24.7 Å². The van der Waals surface area contributed by atoms with Crippen LogP contribution in [0.15, 0.2) is 23.1 Å². The van der Waals surface area contributed by atoms with Crippen molar-refractivity contribution in [3.05, 3.63) is 24.0 Å². The Morgan fingerprint density at radius 3 is 2.62 bits per heavy atom. The van der Waals surface area contributed by atoms with E-state index in [1.165, 1.54) is 6.07 Å². The van der Waals surface area contributed by atoms with Gasteiger partial charge in [-0.15, -0.1) is 0 Å². The molecule has 4 rings (SSSR count). The largest absolute Gasteiger partial charge is 0.396 e. The second kappa shape index (κ2) is 9.20. The fourth-order valence-electron chi connectivity index (χ4n) is 6.47. The number of aliphatic hydroxyl groups is 1. The second-order valence-electron chi connectivity index (χ2n) is 10.9. The van der Waals surface area contributed by atoms with E-state index >= 15 is 4.39 Å². The first-order chi connectivity index (χ1) is 15.2. The van der Waals surface area contributed by atoms with E-state index in [0.717, 1.165) is 70.5 Å². The first kappa shape index (κ1) is 23.9. The average Bonchev–Trinajstić information content (AvgIpc) is 3.20. The van der Waals surface area contributed by atoms with Gasteiger partial charge in [0.1, 0.15) is 5.82 Å². The van der Waals surface area contributed by atoms with Crippen LogP contribution in [0.3, 0.4) is 0 Å². The summed E-state index contributed by atoms with van der Waals surface area (Å²) in [5.41, 5.74) is 0.217. The van der Waals surface area contributed by atoms with E-state index in [1.54, 1.807) is 6.07 Å². The summed E-state index contributed by atoms with van der Waals surface area (Å²) in [5.74, 6) is -0.0572. The number of hydrogen-bond donors (Lipinski definition) is 2. The van der Waals surface area contributed by atoms with Gasteiger partial charge in [-0.3, -0.25) is 0 Å². The minimum Gasteiger partial charge on any atom is -0.396 e. The number of benzene rings is 1. The highest BCUT2D eigenvalue weighted by Crippen LogP contribution is 2.45. The fraction of sp³-hybridized carbons (Fsp3) is 0.750. The van der Waals surface area contributed by atoms with E-state index < -0.39 is 15.8 Å². The molecule has 32 heavy (non-hydrogen) atoms. The van der Waals surface area contributed by atoms with Crippen LogP contribution >= 0.6 is 0 Å². The van der Waals surface area contributed by atoms with Crippen LogP contribution in [0.5, 0.6) is 0 Å². The van der Waals surface area contributed by atoms with Crippen LogP contribution < -0.4 is 9.62 Å². The van der Waals surface area contributed by atoms with Gasteiger partial charge in [-0.05, 0) is 75.7 Å². The van der Waals surface area contributed by atoms with Crippen LogP contribution in [-0.4, -0.2) is 65.3 Å². The minimum absolute atomic E-state index is 0.0224. The predicted molar refractivity (Wildman–Crippen MR) is 125 cm³/mol. The standard InChI is InChI=1S/C24H38FN3O3S/c1-27(2)16-23(9-3-4-10-23)15-26-32(30,31)20-7-8-22(21(25)12-20)28-14-19-6-5-11-24(13-19,17-28)18-29/h7-8,12,19,26,29H,3-6,9-11,13-18H2,1-2H3. The van der Waals surface area contributed by atoms with Crippen molar-refractivity contribution in [2.75, 3.05) is 51.8 Å². The molecule has 1 aromatic carbocycles. The molecule has 2 saturated carbocycles. The van der Waals surface area contributed by atoms with Gasteiger partial charge in [-0.2, -0.15) is 0 Å². The summed E-state index contributed by atoms with van der Waals surface area (Å²) in [6, 6.07) is 4.27. The number of nitrogens with zero attached hydrogens (tertiary/aromatic N) is 2. The van der Waals surface area contributed by atoms with Gasteiger partial charge in [0.05, 0.1) is 17.2 Å². The second-order valence-corrected chi connectivity index (χ2v) is 12.7. The van der Waals surface area contributed by atoms with Crippen LogP contribution in [0.25, 0.3) is 0 Å². The Kier molecular flexibility index (Phi) is 6.88. The van der Waals surface area contributed by atoms with Crippen molar-refractivity contribution in [3.8, 4) is 0 Å². The fourth-order valence-corrected chi connectivity index (χ4v) is 7.64. The van der Waals surface area contributed by atoms with Gasteiger partial charge in [0.25, 0.3) is 0 Å². The van der Waals surface area contributed by atoms with Gasteiger partial charge in [-0.25, -0.2) is 17.5 Å². The summed E-state index contributed by atoms with van der Waals surface area (Å²) in [7, 11) is 0.234. The maximum atomic E-state index is 15.2. The number of piperidine rings is 1. The molecule has 3 fully saturated rings. The Balaban J connectivity index is 1.49. The van der Waals surface area contributed by atoms with Crippen molar-refractivity contribution >= 4 is 15.7 Å². The molecule has 1 aliphatic heterocycles. The molecule has 2 unspecified atom stereocenters. The molecule has 0 amide bonds. The molecule has 0 spiro atoms. The number of halogens is 1. The van der Waals surface area contributed by atoms with Gasteiger partial charge < -0.3 is 14.9 Å². The van der Waals surface area contributed by atoms with Crippen LogP contribution in [0.4, 0.5) is 10.1 Å². The Labute approximate surface area is 192 Å². The smallest absolute Gasteiger partial charge is 0.240 e. The zero-order valence-corrected chi connectivity index (χ0v) is 20.3. The Morgan fingerprint density at radius 2 is 1.97 bits per heavy atom. The summed E-state index contributed by atoms with van der Waals surface area (Å²) in [6.07, 6.45) is 8.41. The topological polar surface area (TPSA) is 72.9 Å². The van der Waals surface area contributed by atoms with E-state index in [2.05, 4.69) is 9.62 Å². The van der Waals surface area contributed by atoms with Gasteiger partial charge in [0, 0.05) is 31.6 Å². The SMILES string of the molecule is CN(C)CC1(CNS(=O)(=O)c2ccc(N3CC4CCCC(CO)(C4)C3)c(F)c2)CCCC1.